The fraction of sp³-hybridized carbons (Fsp3) is 0.545. The first-order valence-electron chi connectivity index (χ1n) is 5.76. The number of hydrogen-bond acceptors (Lipinski definition) is 5. The zero-order chi connectivity index (χ0) is 14.0. The van der Waals surface area contributed by atoms with E-state index in [1.54, 1.807) is 0 Å². The average Bonchev–Trinajstić information content (AvgIpc) is 2.95. The van der Waals surface area contributed by atoms with Crippen LogP contribution in [0.5, 0.6) is 0 Å². The lowest BCUT2D eigenvalue weighted by Gasteiger charge is -2.20. The predicted octanol–water partition coefficient (Wildman–Crippen LogP) is 1.16. The van der Waals surface area contributed by atoms with Gasteiger partial charge >= 0.3 is 12.0 Å². The molecule has 7 nitrogen and oxygen atoms in total. The number of thiazole rings is 1. The molecule has 0 saturated carbocycles. The highest BCUT2D eigenvalue weighted by Crippen LogP contribution is 2.22. The van der Waals surface area contributed by atoms with E-state index in [0.29, 0.717) is 11.6 Å². The second-order valence-electron chi connectivity index (χ2n) is 4.32. The van der Waals surface area contributed by atoms with Gasteiger partial charge in [-0.1, -0.05) is 0 Å². The number of ether oxygens (including phenoxy) is 1. The standard InChI is InChI=1S/C11H15N3O4S/c1-6-5-19-10(12-6)13-11(17)14-4-7(18-2)3-8(14)9(15)16/h5,7-8H,3-4H2,1-2H3,(H,15,16)(H,12,13,17). The van der Waals surface area contributed by atoms with Crippen molar-refractivity contribution in [1.29, 1.82) is 0 Å². The van der Waals surface area contributed by atoms with Gasteiger partial charge in [0.2, 0.25) is 0 Å². The molecule has 1 aromatic heterocycles. The van der Waals surface area contributed by atoms with Gasteiger partial charge < -0.3 is 14.7 Å². The number of urea groups is 1. The minimum absolute atomic E-state index is 0.245. The number of aryl methyl sites for hydroxylation is 1. The summed E-state index contributed by atoms with van der Waals surface area (Å²) in [6.07, 6.45) is 0.0563. The van der Waals surface area contributed by atoms with Crippen molar-refractivity contribution in [3.63, 3.8) is 0 Å². The Morgan fingerprint density at radius 3 is 2.89 bits per heavy atom. The summed E-state index contributed by atoms with van der Waals surface area (Å²) >= 11 is 1.30. The lowest BCUT2D eigenvalue weighted by Crippen LogP contribution is -2.43. The Morgan fingerprint density at radius 2 is 2.37 bits per heavy atom. The third-order valence-electron chi connectivity index (χ3n) is 2.97. The molecule has 0 radical (unpaired) electrons. The van der Waals surface area contributed by atoms with E-state index in [1.165, 1.54) is 23.3 Å². The first kappa shape index (κ1) is 13.8. The monoisotopic (exact) mass is 285 g/mol. The summed E-state index contributed by atoms with van der Waals surface area (Å²) in [5, 5.41) is 14.0. The van der Waals surface area contributed by atoms with Gasteiger partial charge in [0.1, 0.15) is 6.04 Å². The molecule has 2 rings (SSSR count). The van der Waals surface area contributed by atoms with Crippen LogP contribution in [0, 0.1) is 6.92 Å². The molecule has 1 aromatic rings. The molecule has 2 heterocycles. The number of carboxylic acids is 1. The molecule has 2 atom stereocenters. The topological polar surface area (TPSA) is 91.8 Å². The van der Waals surface area contributed by atoms with E-state index >= 15 is 0 Å². The quantitative estimate of drug-likeness (QED) is 0.869. The Kier molecular flexibility index (Phi) is 4.01. The number of carbonyl (C=O) groups excluding carboxylic acids is 1. The van der Waals surface area contributed by atoms with Crippen LogP contribution in [0.3, 0.4) is 0 Å². The molecule has 1 aliphatic rings. The van der Waals surface area contributed by atoms with Crippen molar-refractivity contribution in [3.8, 4) is 0 Å². The number of likely N-dealkylation sites (tertiary alicyclic amines) is 1. The number of aliphatic carboxylic acids is 1. The van der Waals surface area contributed by atoms with E-state index in [0.717, 1.165) is 5.69 Å². The number of nitrogens with one attached hydrogen (secondary N) is 1. The van der Waals surface area contributed by atoms with E-state index < -0.39 is 18.0 Å². The molecule has 0 aromatic carbocycles. The Labute approximate surface area is 114 Å². The van der Waals surface area contributed by atoms with Crippen LogP contribution in [0.2, 0.25) is 0 Å². The largest absolute Gasteiger partial charge is 0.480 e. The van der Waals surface area contributed by atoms with Crippen molar-refractivity contribution in [2.45, 2.75) is 25.5 Å². The van der Waals surface area contributed by atoms with E-state index in [1.807, 2.05) is 12.3 Å². The second-order valence-corrected chi connectivity index (χ2v) is 5.18. The van der Waals surface area contributed by atoms with Crippen LogP contribution in [-0.4, -0.2) is 52.8 Å². The molecule has 0 spiro atoms. The third kappa shape index (κ3) is 3.02. The molecule has 1 aliphatic heterocycles. The smallest absolute Gasteiger partial charge is 0.326 e. The minimum atomic E-state index is -1.02. The maximum atomic E-state index is 12.1. The van der Waals surface area contributed by atoms with E-state index in [-0.39, 0.29) is 12.6 Å². The number of anilines is 1. The molecule has 1 saturated heterocycles. The maximum absolute atomic E-state index is 12.1. The van der Waals surface area contributed by atoms with Crippen LogP contribution in [0.15, 0.2) is 5.38 Å². The molecule has 0 aliphatic carbocycles. The molecule has 0 bridgehead atoms. The van der Waals surface area contributed by atoms with Crippen LogP contribution < -0.4 is 5.32 Å². The van der Waals surface area contributed by atoms with Crippen LogP contribution >= 0.6 is 11.3 Å². The Hall–Kier alpha value is -1.67. The van der Waals surface area contributed by atoms with Gasteiger partial charge in [-0.15, -0.1) is 11.3 Å². The summed E-state index contributed by atoms with van der Waals surface area (Å²) in [6.45, 7) is 2.09. The lowest BCUT2D eigenvalue weighted by molar-refractivity contribution is -0.141. The van der Waals surface area contributed by atoms with Gasteiger partial charge in [-0.05, 0) is 6.92 Å². The number of hydrogen-bond donors (Lipinski definition) is 2. The molecule has 19 heavy (non-hydrogen) atoms. The summed E-state index contributed by atoms with van der Waals surface area (Å²) in [6, 6.07) is -1.31. The Balaban J connectivity index is 2.06. The van der Waals surface area contributed by atoms with Crippen LogP contribution in [0.25, 0.3) is 0 Å². The van der Waals surface area contributed by atoms with Gasteiger partial charge in [0.25, 0.3) is 0 Å². The summed E-state index contributed by atoms with van der Waals surface area (Å²) in [7, 11) is 1.51. The third-order valence-corrected chi connectivity index (χ3v) is 3.85. The number of aromatic nitrogens is 1. The molecule has 2 N–H and O–H groups in total. The Bertz CT molecular complexity index is 490. The number of rotatable bonds is 3. The van der Waals surface area contributed by atoms with Crippen molar-refractivity contribution < 1.29 is 19.4 Å². The normalized spacial score (nSPS) is 22.5. The molecule has 2 amide bonds. The molecular weight excluding hydrogens is 270 g/mol. The van der Waals surface area contributed by atoms with E-state index in [9.17, 15) is 9.59 Å². The van der Waals surface area contributed by atoms with Gasteiger partial charge in [0.15, 0.2) is 5.13 Å². The lowest BCUT2D eigenvalue weighted by atomic mass is 10.2. The fourth-order valence-corrected chi connectivity index (χ4v) is 2.68. The maximum Gasteiger partial charge on any atom is 0.326 e. The van der Waals surface area contributed by atoms with E-state index in [4.69, 9.17) is 9.84 Å². The first-order chi connectivity index (χ1) is 9.01. The highest BCUT2D eigenvalue weighted by Gasteiger charge is 2.40. The van der Waals surface area contributed by atoms with Crippen molar-refractivity contribution in [3.05, 3.63) is 11.1 Å². The molecule has 8 heteroatoms. The number of nitrogens with zero attached hydrogens (tertiary/aromatic N) is 2. The van der Waals surface area contributed by atoms with Crippen LogP contribution in [0.4, 0.5) is 9.93 Å². The highest BCUT2D eigenvalue weighted by atomic mass is 32.1. The number of carboxylic acid groups (broad SMARTS) is 1. The first-order valence-corrected chi connectivity index (χ1v) is 6.64. The predicted molar refractivity (Wildman–Crippen MR) is 69.4 cm³/mol. The van der Waals surface area contributed by atoms with Crippen molar-refractivity contribution in [2.24, 2.45) is 0 Å². The SMILES string of the molecule is COC1CC(C(=O)O)N(C(=O)Nc2nc(C)cs2)C1. The zero-order valence-corrected chi connectivity index (χ0v) is 11.4. The van der Waals surface area contributed by atoms with Gasteiger partial charge in [0.05, 0.1) is 11.8 Å². The van der Waals surface area contributed by atoms with Gasteiger partial charge in [0, 0.05) is 25.5 Å². The summed E-state index contributed by atoms with van der Waals surface area (Å²) in [4.78, 5) is 28.6. The van der Waals surface area contributed by atoms with E-state index in [2.05, 4.69) is 10.3 Å². The fourth-order valence-electron chi connectivity index (χ4n) is 2.00. The molecule has 2 unspecified atom stereocenters. The average molecular weight is 285 g/mol. The van der Waals surface area contributed by atoms with Crippen LogP contribution in [0.1, 0.15) is 12.1 Å². The summed E-state index contributed by atoms with van der Waals surface area (Å²) in [5.74, 6) is -1.02. The second kappa shape index (κ2) is 5.54. The zero-order valence-electron chi connectivity index (χ0n) is 10.6. The van der Waals surface area contributed by atoms with Crippen molar-refractivity contribution >= 4 is 28.5 Å². The number of methoxy groups -OCH3 is 1. The summed E-state index contributed by atoms with van der Waals surface area (Å²) < 4.78 is 5.13. The summed E-state index contributed by atoms with van der Waals surface area (Å²) in [5.41, 5.74) is 0.811. The number of carbonyl (C=O) groups is 2. The van der Waals surface area contributed by atoms with Gasteiger partial charge in [-0.25, -0.2) is 14.6 Å². The minimum Gasteiger partial charge on any atom is -0.480 e. The molecule has 104 valence electrons. The van der Waals surface area contributed by atoms with Crippen molar-refractivity contribution in [1.82, 2.24) is 9.88 Å². The molecule has 1 fully saturated rings. The van der Waals surface area contributed by atoms with Gasteiger partial charge in [-0.2, -0.15) is 0 Å². The van der Waals surface area contributed by atoms with Crippen molar-refractivity contribution in [2.75, 3.05) is 19.0 Å². The Morgan fingerprint density at radius 1 is 1.63 bits per heavy atom. The van der Waals surface area contributed by atoms with Gasteiger partial charge in [-0.3, -0.25) is 5.32 Å². The highest BCUT2D eigenvalue weighted by molar-refractivity contribution is 7.13. The number of amides is 2. The molecular formula is C11H15N3O4S. The van der Waals surface area contributed by atoms with Crippen LogP contribution in [-0.2, 0) is 9.53 Å².